The van der Waals surface area contributed by atoms with Crippen molar-refractivity contribution in [1.29, 1.82) is 0 Å². The molecule has 1 aliphatic rings. The Morgan fingerprint density at radius 3 is 2.59 bits per heavy atom. The fourth-order valence-corrected chi connectivity index (χ4v) is 2.71. The molecule has 1 aromatic carbocycles. The Labute approximate surface area is 105 Å². The lowest BCUT2D eigenvalue weighted by atomic mass is 9.84. The highest BCUT2D eigenvalue weighted by atomic mass is 15.1. The van der Waals surface area contributed by atoms with Gasteiger partial charge in [0.2, 0.25) is 0 Å². The average Bonchev–Trinajstić information content (AvgIpc) is 2.27. The Hall–Kier alpha value is -1.02. The Bertz CT molecular complexity index is 354. The highest BCUT2D eigenvalue weighted by Crippen LogP contribution is 2.28. The maximum absolute atomic E-state index is 5.69. The summed E-state index contributed by atoms with van der Waals surface area (Å²) in [4.78, 5) is 2.60. The van der Waals surface area contributed by atoms with Crippen LogP contribution in [0.3, 0.4) is 0 Å². The maximum Gasteiger partial charge on any atom is 0.0314 e. The third-order valence-electron chi connectivity index (χ3n) is 3.68. The summed E-state index contributed by atoms with van der Waals surface area (Å²) in [6.07, 6.45) is 3.84. The number of likely N-dealkylation sites (tertiary alicyclic amines) is 1. The van der Waals surface area contributed by atoms with Crippen LogP contribution in [0.15, 0.2) is 24.3 Å². The summed E-state index contributed by atoms with van der Waals surface area (Å²) < 4.78 is 0. The summed E-state index contributed by atoms with van der Waals surface area (Å²) in [5, 5.41) is 0. The lowest BCUT2D eigenvalue weighted by Gasteiger charge is -2.38. The largest absolute Gasteiger partial charge is 0.399 e. The van der Waals surface area contributed by atoms with E-state index in [2.05, 4.69) is 30.9 Å². The zero-order chi connectivity index (χ0) is 12.3. The third-order valence-corrected chi connectivity index (χ3v) is 3.68. The van der Waals surface area contributed by atoms with E-state index in [4.69, 9.17) is 5.73 Å². The van der Waals surface area contributed by atoms with Gasteiger partial charge in [0.1, 0.15) is 0 Å². The molecule has 0 spiro atoms. The molecule has 0 amide bonds. The molecular formula is C15H24N2. The molecule has 0 aromatic heterocycles. The number of nitrogens with two attached hydrogens (primary N) is 1. The van der Waals surface area contributed by atoms with E-state index < -0.39 is 0 Å². The van der Waals surface area contributed by atoms with Crippen LogP contribution in [-0.2, 0) is 6.42 Å². The Morgan fingerprint density at radius 1 is 1.24 bits per heavy atom. The van der Waals surface area contributed by atoms with Crippen molar-refractivity contribution in [3.63, 3.8) is 0 Å². The van der Waals surface area contributed by atoms with Gasteiger partial charge >= 0.3 is 0 Å². The van der Waals surface area contributed by atoms with Crippen molar-refractivity contribution in [3.05, 3.63) is 29.8 Å². The first kappa shape index (κ1) is 12.4. The number of benzene rings is 1. The topological polar surface area (TPSA) is 29.3 Å². The van der Waals surface area contributed by atoms with Crippen molar-refractivity contribution in [3.8, 4) is 0 Å². The zero-order valence-corrected chi connectivity index (χ0v) is 11.1. The third kappa shape index (κ3) is 3.74. The number of nitrogens with zero attached hydrogens (tertiary/aromatic N) is 1. The molecule has 0 bridgehead atoms. The van der Waals surface area contributed by atoms with Gasteiger partial charge in [-0.25, -0.2) is 0 Å². The molecule has 2 nitrogen and oxygen atoms in total. The molecule has 0 unspecified atom stereocenters. The second-order valence-corrected chi connectivity index (χ2v) is 6.04. The van der Waals surface area contributed by atoms with E-state index in [9.17, 15) is 0 Å². The standard InChI is InChI=1S/C15H24N2/c1-15(2)9-3-10-17(12-15)11-8-13-4-6-14(16)7-5-13/h4-7H,3,8-12,16H2,1-2H3. The van der Waals surface area contributed by atoms with Crippen molar-refractivity contribution in [2.45, 2.75) is 33.1 Å². The fourth-order valence-electron chi connectivity index (χ4n) is 2.71. The van der Waals surface area contributed by atoms with Gasteiger partial charge in [0.05, 0.1) is 0 Å². The van der Waals surface area contributed by atoms with Crippen molar-refractivity contribution < 1.29 is 0 Å². The van der Waals surface area contributed by atoms with Gasteiger partial charge in [0.15, 0.2) is 0 Å². The monoisotopic (exact) mass is 232 g/mol. The van der Waals surface area contributed by atoms with Crippen molar-refractivity contribution >= 4 is 5.69 Å². The minimum absolute atomic E-state index is 0.499. The second kappa shape index (κ2) is 5.09. The molecule has 1 saturated heterocycles. The van der Waals surface area contributed by atoms with Gasteiger partial charge < -0.3 is 10.6 Å². The first-order valence-electron chi connectivity index (χ1n) is 6.62. The molecule has 1 fully saturated rings. The molecule has 0 saturated carbocycles. The van der Waals surface area contributed by atoms with Gasteiger partial charge in [-0.2, -0.15) is 0 Å². The Morgan fingerprint density at radius 2 is 1.94 bits per heavy atom. The Kier molecular flexibility index (Phi) is 3.72. The van der Waals surface area contributed by atoms with Crippen molar-refractivity contribution in [2.24, 2.45) is 5.41 Å². The second-order valence-electron chi connectivity index (χ2n) is 6.04. The molecule has 94 valence electrons. The van der Waals surface area contributed by atoms with Crippen LogP contribution >= 0.6 is 0 Å². The first-order chi connectivity index (χ1) is 8.05. The summed E-state index contributed by atoms with van der Waals surface area (Å²) in [6.45, 7) is 8.43. The number of piperidine rings is 1. The van der Waals surface area contributed by atoms with Gasteiger partial charge in [-0.05, 0) is 48.9 Å². The van der Waals surface area contributed by atoms with E-state index in [1.54, 1.807) is 0 Å². The smallest absolute Gasteiger partial charge is 0.0314 e. The molecule has 1 heterocycles. The summed E-state index contributed by atoms with van der Waals surface area (Å²) >= 11 is 0. The lowest BCUT2D eigenvalue weighted by molar-refractivity contribution is 0.119. The van der Waals surface area contributed by atoms with E-state index in [0.29, 0.717) is 5.41 Å². The van der Waals surface area contributed by atoms with Crippen LogP contribution in [0.25, 0.3) is 0 Å². The van der Waals surface area contributed by atoms with E-state index in [1.807, 2.05) is 12.1 Å². The maximum atomic E-state index is 5.69. The van der Waals surface area contributed by atoms with Gasteiger partial charge in [-0.3, -0.25) is 0 Å². The van der Waals surface area contributed by atoms with Gasteiger partial charge in [-0.15, -0.1) is 0 Å². The quantitative estimate of drug-likeness (QED) is 0.812. The highest BCUT2D eigenvalue weighted by Gasteiger charge is 2.25. The normalized spacial score (nSPS) is 20.4. The SMILES string of the molecule is CC1(C)CCCN(CCc2ccc(N)cc2)C1. The summed E-state index contributed by atoms with van der Waals surface area (Å²) in [5.74, 6) is 0. The average molecular weight is 232 g/mol. The van der Waals surface area contributed by atoms with E-state index in [-0.39, 0.29) is 0 Å². The highest BCUT2D eigenvalue weighted by molar-refractivity contribution is 5.39. The van der Waals surface area contributed by atoms with E-state index >= 15 is 0 Å². The minimum atomic E-state index is 0.499. The molecule has 0 radical (unpaired) electrons. The molecule has 2 heteroatoms. The van der Waals surface area contributed by atoms with Gasteiger partial charge in [-0.1, -0.05) is 26.0 Å². The summed E-state index contributed by atoms with van der Waals surface area (Å²) in [6, 6.07) is 8.28. The van der Waals surface area contributed by atoms with Gasteiger partial charge in [0.25, 0.3) is 0 Å². The molecule has 2 rings (SSSR count). The molecule has 0 aliphatic carbocycles. The number of hydrogen-bond acceptors (Lipinski definition) is 2. The summed E-state index contributed by atoms with van der Waals surface area (Å²) in [5.41, 5.74) is 8.44. The predicted octanol–water partition coefficient (Wildman–Crippen LogP) is 2.93. The number of hydrogen-bond donors (Lipinski definition) is 1. The van der Waals surface area contributed by atoms with E-state index in [0.717, 1.165) is 12.1 Å². The van der Waals surface area contributed by atoms with Crippen LogP contribution in [0, 0.1) is 5.41 Å². The number of nitrogen functional groups attached to an aromatic ring is 1. The van der Waals surface area contributed by atoms with Crippen LogP contribution in [0.4, 0.5) is 5.69 Å². The van der Waals surface area contributed by atoms with Crippen LogP contribution in [0.5, 0.6) is 0 Å². The van der Waals surface area contributed by atoms with E-state index in [1.165, 1.54) is 38.0 Å². The van der Waals surface area contributed by atoms with Crippen molar-refractivity contribution in [2.75, 3.05) is 25.4 Å². The molecule has 0 atom stereocenters. The van der Waals surface area contributed by atoms with Crippen LogP contribution in [0.2, 0.25) is 0 Å². The van der Waals surface area contributed by atoms with Crippen LogP contribution < -0.4 is 5.73 Å². The van der Waals surface area contributed by atoms with Gasteiger partial charge in [0, 0.05) is 18.8 Å². The lowest BCUT2D eigenvalue weighted by Crippen LogP contribution is -2.40. The Balaban J connectivity index is 1.84. The fraction of sp³-hybridized carbons (Fsp3) is 0.600. The molecular weight excluding hydrogens is 208 g/mol. The van der Waals surface area contributed by atoms with Crippen LogP contribution in [0.1, 0.15) is 32.3 Å². The molecule has 1 aliphatic heterocycles. The first-order valence-corrected chi connectivity index (χ1v) is 6.62. The molecule has 2 N–H and O–H groups in total. The predicted molar refractivity (Wildman–Crippen MR) is 74.0 cm³/mol. The van der Waals surface area contributed by atoms with Crippen molar-refractivity contribution in [1.82, 2.24) is 4.90 Å². The molecule has 1 aromatic rings. The zero-order valence-electron chi connectivity index (χ0n) is 11.1. The number of anilines is 1. The van der Waals surface area contributed by atoms with Crippen LogP contribution in [-0.4, -0.2) is 24.5 Å². The minimum Gasteiger partial charge on any atom is -0.399 e. The molecule has 17 heavy (non-hydrogen) atoms. The summed E-state index contributed by atoms with van der Waals surface area (Å²) in [7, 11) is 0. The number of rotatable bonds is 3.